The Morgan fingerprint density at radius 1 is 0.839 bits per heavy atom. The van der Waals surface area contributed by atoms with E-state index in [4.69, 9.17) is 9.47 Å². The number of para-hydroxylation sites is 2. The third kappa shape index (κ3) is 7.04. The minimum absolute atomic E-state index is 0.259. The Labute approximate surface area is 182 Å². The summed E-state index contributed by atoms with van der Waals surface area (Å²) in [6.07, 6.45) is 1.06. The molecule has 0 aromatic heterocycles. The summed E-state index contributed by atoms with van der Waals surface area (Å²) in [5, 5.41) is 2.67. The van der Waals surface area contributed by atoms with Crippen molar-refractivity contribution >= 4 is 21.6 Å². The molecule has 3 rings (SSSR count). The van der Waals surface area contributed by atoms with E-state index in [9.17, 15) is 13.2 Å². The molecule has 0 saturated heterocycles. The van der Waals surface area contributed by atoms with Crippen LogP contribution in [0.4, 0.5) is 5.69 Å². The number of rotatable bonds is 10. The third-order valence-corrected chi connectivity index (χ3v) is 5.37. The van der Waals surface area contributed by atoms with Gasteiger partial charge in [-0.3, -0.25) is 9.10 Å². The van der Waals surface area contributed by atoms with Crippen molar-refractivity contribution in [3.8, 4) is 17.2 Å². The van der Waals surface area contributed by atoms with E-state index in [0.717, 1.165) is 10.6 Å². The Morgan fingerprint density at radius 2 is 1.39 bits per heavy atom. The van der Waals surface area contributed by atoms with E-state index in [2.05, 4.69) is 5.32 Å². The molecule has 0 fully saturated rings. The minimum Gasteiger partial charge on any atom is -0.492 e. The van der Waals surface area contributed by atoms with Gasteiger partial charge in [0.2, 0.25) is 15.9 Å². The van der Waals surface area contributed by atoms with Crippen molar-refractivity contribution in [3.63, 3.8) is 0 Å². The monoisotopic (exact) mass is 440 g/mol. The van der Waals surface area contributed by atoms with Gasteiger partial charge in [0.15, 0.2) is 0 Å². The summed E-state index contributed by atoms with van der Waals surface area (Å²) < 4.78 is 36.8. The molecule has 3 aromatic rings. The first kappa shape index (κ1) is 22.2. The smallest absolute Gasteiger partial charge is 0.240 e. The highest BCUT2D eigenvalue weighted by Crippen LogP contribution is 2.25. The van der Waals surface area contributed by atoms with Gasteiger partial charge in [0.25, 0.3) is 0 Å². The first-order valence-corrected chi connectivity index (χ1v) is 11.5. The SMILES string of the molecule is CS(=O)(=O)N(CC(=O)NCCOc1ccccc1)c1ccc(Oc2ccccc2)cc1. The number of sulfonamides is 1. The van der Waals surface area contributed by atoms with E-state index < -0.39 is 15.9 Å². The van der Waals surface area contributed by atoms with Crippen molar-refractivity contribution in [1.29, 1.82) is 0 Å². The molecule has 0 radical (unpaired) electrons. The molecule has 1 N–H and O–H groups in total. The maximum Gasteiger partial charge on any atom is 0.240 e. The van der Waals surface area contributed by atoms with Crippen LogP contribution in [-0.2, 0) is 14.8 Å². The summed E-state index contributed by atoms with van der Waals surface area (Å²) in [6, 6.07) is 25.0. The summed E-state index contributed by atoms with van der Waals surface area (Å²) in [6.45, 7) is 0.207. The molecular formula is C23H24N2O5S. The zero-order valence-corrected chi connectivity index (χ0v) is 17.9. The fourth-order valence-electron chi connectivity index (χ4n) is 2.77. The number of hydrogen-bond acceptors (Lipinski definition) is 5. The largest absolute Gasteiger partial charge is 0.492 e. The number of hydrogen-bond donors (Lipinski definition) is 1. The van der Waals surface area contributed by atoms with E-state index in [0.29, 0.717) is 22.9 Å². The predicted molar refractivity (Wildman–Crippen MR) is 120 cm³/mol. The molecule has 0 aliphatic heterocycles. The molecule has 0 saturated carbocycles. The van der Waals surface area contributed by atoms with E-state index in [-0.39, 0.29) is 19.7 Å². The van der Waals surface area contributed by atoms with Crippen molar-refractivity contribution in [1.82, 2.24) is 5.32 Å². The van der Waals surface area contributed by atoms with Gasteiger partial charge in [-0.25, -0.2) is 8.42 Å². The number of amides is 1. The normalized spacial score (nSPS) is 10.9. The van der Waals surface area contributed by atoms with Gasteiger partial charge >= 0.3 is 0 Å². The highest BCUT2D eigenvalue weighted by Gasteiger charge is 2.20. The zero-order valence-electron chi connectivity index (χ0n) is 17.1. The number of benzene rings is 3. The number of nitrogens with zero attached hydrogens (tertiary/aromatic N) is 1. The molecule has 0 unspecified atom stereocenters. The van der Waals surface area contributed by atoms with E-state index >= 15 is 0 Å². The Hall–Kier alpha value is -3.52. The van der Waals surface area contributed by atoms with Crippen molar-refractivity contribution < 1.29 is 22.7 Å². The fraction of sp³-hybridized carbons (Fsp3) is 0.174. The Bertz CT molecular complexity index is 1070. The average molecular weight is 441 g/mol. The molecule has 0 aliphatic carbocycles. The zero-order chi connectivity index (χ0) is 22.1. The second-order valence-corrected chi connectivity index (χ2v) is 8.60. The second kappa shape index (κ2) is 10.5. The van der Waals surface area contributed by atoms with Crippen molar-refractivity contribution in [2.75, 3.05) is 30.3 Å². The number of ether oxygens (including phenoxy) is 2. The molecule has 0 bridgehead atoms. The molecular weight excluding hydrogens is 416 g/mol. The van der Waals surface area contributed by atoms with Gasteiger partial charge in [-0.2, -0.15) is 0 Å². The van der Waals surface area contributed by atoms with Crippen molar-refractivity contribution in [2.45, 2.75) is 0 Å². The maximum absolute atomic E-state index is 12.3. The number of nitrogens with one attached hydrogen (secondary N) is 1. The van der Waals surface area contributed by atoms with Crippen LogP contribution in [0.2, 0.25) is 0 Å². The first-order valence-electron chi connectivity index (χ1n) is 9.67. The average Bonchev–Trinajstić information content (AvgIpc) is 2.76. The molecule has 8 heteroatoms. The topological polar surface area (TPSA) is 84.9 Å². The van der Waals surface area contributed by atoms with Crippen LogP contribution < -0.4 is 19.1 Å². The lowest BCUT2D eigenvalue weighted by Gasteiger charge is -2.22. The van der Waals surface area contributed by atoms with Crippen LogP contribution in [-0.4, -0.2) is 40.3 Å². The van der Waals surface area contributed by atoms with Gasteiger partial charge in [0.05, 0.1) is 18.5 Å². The third-order valence-electron chi connectivity index (χ3n) is 4.23. The molecule has 7 nitrogen and oxygen atoms in total. The Kier molecular flexibility index (Phi) is 7.50. The molecule has 0 atom stereocenters. The first-order chi connectivity index (χ1) is 14.9. The summed E-state index contributed by atoms with van der Waals surface area (Å²) in [5.41, 5.74) is 0.374. The van der Waals surface area contributed by atoms with Gasteiger partial charge in [-0.15, -0.1) is 0 Å². The minimum atomic E-state index is -3.66. The summed E-state index contributed by atoms with van der Waals surface area (Å²) in [7, 11) is -3.66. The standard InChI is InChI=1S/C23H24N2O5S/c1-31(27,28)25(18-23(26)24-16-17-29-20-8-4-2-5-9-20)19-12-14-22(15-13-19)30-21-10-6-3-7-11-21/h2-15H,16-18H2,1H3,(H,24,26). The van der Waals surface area contributed by atoms with Gasteiger partial charge in [-0.05, 0) is 48.5 Å². The Balaban J connectivity index is 1.56. The van der Waals surface area contributed by atoms with E-state index in [1.807, 2.05) is 60.7 Å². The molecule has 3 aromatic carbocycles. The van der Waals surface area contributed by atoms with Crippen LogP contribution in [0.5, 0.6) is 17.2 Å². The van der Waals surface area contributed by atoms with Gasteiger partial charge in [0.1, 0.15) is 30.4 Å². The van der Waals surface area contributed by atoms with Crippen LogP contribution in [0.3, 0.4) is 0 Å². The molecule has 162 valence electrons. The number of anilines is 1. The lowest BCUT2D eigenvalue weighted by atomic mass is 10.3. The lowest BCUT2D eigenvalue weighted by Crippen LogP contribution is -2.41. The van der Waals surface area contributed by atoms with Crippen LogP contribution in [0.25, 0.3) is 0 Å². The molecule has 0 aliphatic rings. The highest BCUT2D eigenvalue weighted by atomic mass is 32.2. The molecule has 1 amide bonds. The van der Waals surface area contributed by atoms with Gasteiger partial charge in [0, 0.05) is 0 Å². The molecule has 31 heavy (non-hydrogen) atoms. The van der Waals surface area contributed by atoms with Crippen LogP contribution >= 0.6 is 0 Å². The fourth-order valence-corrected chi connectivity index (χ4v) is 3.62. The summed E-state index contributed by atoms with van der Waals surface area (Å²) >= 11 is 0. The van der Waals surface area contributed by atoms with Gasteiger partial charge in [-0.1, -0.05) is 36.4 Å². The maximum atomic E-state index is 12.3. The summed E-state index contributed by atoms with van der Waals surface area (Å²) in [4.78, 5) is 12.3. The number of carbonyl (C=O) groups excluding carboxylic acids is 1. The highest BCUT2D eigenvalue weighted by molar-refractivity contribution is 7.92. The van der Waals surface area contributed by atoms with Crippen LogP contribution in [0, 0.1) is 0 Å². The molecule has 0 heterocycles. The van der Waals surface area contributed by atoms with Crippen LogP contribution in [0.1, 0.15) is 0 Å². The van der Waals surface area contributed by atoms with Gasteiger partial charge < -0.3 is 14.8 Å². The molecule has 0 spiro atoms. The summed E-state index contributed by atoms with van der Waals surface area (Å²) in [5.74, 6) is 1.51. The number of carbonyl (C=O) groups is 1. The van der Waals surface area contributed by atoms with Crippen molar-refractivity contribution in [2.24, 2.45) is 0 Å². The predicted octanol–water partition coefficient (Wildman–Crippen LogP) is 3.44. The van der Waals surface area contributed by atoms with E-state index in [1.165, 1.54) is 0 Å². The lowest BCUT2D eigenvalue weighted by molar-refractivity contribution is -0.119. The van der Waals surface area contributed by atoms with Crippen LogP contribution in [0.15, 0.2) is 84.9 Å². The Morgan fingerprint density at radius 3 is 1.97 bits per heavy atom. The van der Waals surface area contributed by atoms with Crippen molar-refractivity contribution in [3.05, 3.63) is 84.9 Å². The second-order valence-electron chi connectivity index (χ2n) is 6.69. The van der Waals surface area contributed by atoms with E-state index in [1.54, 1.807) is 24.3 Å². The quantitative estimate of drug-likeness (QED) is 0.488.